The van der Waals surface area contributed by atoms with Crippen LogP contribution in [-0.4, -0.2) is 25.6 Å². The molecule has 134 valence electrons. The minimum absolute atomic E-state index is 0.153. The number of aliphatic imine (C=N–C) groups is 1. The molecule has 0 unspecified atom stereocenters. The number of methoxy groups -OCH3 is 1. The van der Waals surface area contributed by atoms with Gasteiger partial charge in [-0.1, -0.05) is 35.3 Å². The van der Waals surface area contributed by atoms with E-state index in [1.807, 2.05) is 6.92 Å². The first kappa shape index (κ1) is 18.3. The third kappa shape index (κ3) is 3.69. The fourth-order valence-electron chi connectivity index (χ4n) is 2.42. The standard InChI is InChI=1S/C19H15Cl2NO4/c1-3-25-17-11(5-4-6-16(17)24-2)10-15-19(23)26-18(22-15)12-7-8-13(20)14(21)9-12/h4-10H,3H2,1-2H3/b15-10-. The quantitative estimate of drug-likeness (QED) is 0.545. The van der Waals surface area contributed by atoms with Crippen molar-refractivity contribution in [3.8, 4) is 11.5 Å². The summed E-state index contributed by atoms with van der Waals surface area (Å²) in [5.74, 6) is 0.717. The van der Waals surface area contributed by atoms with E-state index in [0.29, 0.717) is 39.3 Å². The second kappa shape index (κ2) is 7.81. The van der Waals surface area contributed by atoms with E-state index in [2.05, 4.69) is 4.99 Å². The van der Waals surface area contributed by atoms with Crippen molar-refractivity contribution < 1.29 is 19.0 Å². The summed E-state index contributed by atoms with van der Waals surface area (Å²) in [6, 6.07) is 10.3. The summed E-state index contributed by atoms with van der Waals surface area (Å²) in [5, 5.41) is 0.764. The van der Waals surface area contributed by atoms with Crippen molar-refractivity contribution in [2.75, 3.05) is 13.7 Å². The highest BCUT2D eigenvalue weighted by Gasteiger charge is 2.25. The molecular weight excluding hydrogens is 377 g/mol. The fraction of sp³-hybridized carbons (Fsp3) is 0.158. The van der Waals surface area contributed by atoms with Gasteiger partial charge in [-0.25, -0.2) is 9.79 Å². The summed E-state index contributed by atoms with van der Waals surface area (Å²) in [6.07, 6.45) is 1.60. The third-order valence-electron chi connectivity index (χ3n) is 3.60. The maximum Gasteiger partial charge on any atom is 0.363 e. The molecule has 2 aromatic carbocycles. The SMILES string of the molecule is CCOc1c(/C=C2\N=C(c3ccc(Cl)c(Cl)c3)OC2=O)cccc1OC. The van der Waals surface area contributed by atoms with Crippen molar-refractivity contribution in [1.29, 1.82) is 0 Å². The van der Waals surface area contributed by atoms with Crippen LogP contribution >= 0.6 is 23.2 Å². The molecule has 0 aliphatic carbocycles. The second-order valence-corrected chi connectivity index (χ2v) is 6.09. The molecule has 26 heavy (non-hydrogen) atoms. The van der Waals surface area contributed by atoms with Crippen LogP contribution in [0.3, 0.4) is 0 Å². The van der Waals surface area contributed by atoms with Gasteiger partial charge in [0.1, 0.15) is 0 Å². The Labute approximate surface area is 160 Å². The molecule has 1 aliphatic heterocycles. The van der Waals surface area contributed by atoms with Crippen LogP contribution in [0.4, 0.5) is 0 Å². The van der Waals surface area contributed by atoms with E-state index in [9.17, 15) is 4.79 Å². The lowest BCUT2D eigenvalue weighted by molar-refractivity contribution is -0.129. The Bertz CT molecular complexity index is 922. The summed E-state index contributed by atoms with van der Waals surface area (Å²) < 4.78 is 16.2. The lowest BCUT2D eigenvalue weighted by Gasteiger charge is -2.11. The van der Waals surface area contributed by atoms with Crippen LogP contribution in [0.25, 0.3) is 6.08 Å². The smallest absolute Gasteiger partial charge is 0.363 e. The molecule has 1 aliphatic rings. The molecule has 3 rings (SSSR count). The number of halogens is 2. The van der Waals surface area contributed by atoms with E-state index >= 15 is 0 Å². The number of ether oxygens (including phenoxy) is 3. The Morgan fingerprint density at radius 2 is 2.00 bits per heavy atom. The maximum atomic E-state index is 12.2. The molecule has 5 nitrogen and oxygen atoms in total. The molecule has 0 N–H and O–H groups in total. The Morgan fingerprint density at radius 3 is 2.69 bits per heavy atom. The van der Waals surface area contributed by atoms with Gasteiger partial charge in [0.2, 0.25) is 5.90 Å². The number of nitrogens with zero attached hydrogens (tertiary/aromatic N) is 1. The highest BCUT2D eigenvalue weighted by Crippen LogP contribution is 2.33. The van der Waals surface area contributed by atoms with E-state index in [1.54, 1.807) is 49.6 Å². The zero-order valence-corrected chi connectivity index (χ0v) is 15.6. The van der Waals surface area contributed by atoms with Gasteiger partial charge in [0.15, 0.2) is 17.2 Å². The first-order valence-electron chi connectivity index (χ1n) is 7.81. The number of rotatable bonds is 5. The number of carbonyl (C=O) groups excluding carboxylic acids is 1. The lowest BCUT2D eigenvalue weighted by Crippen LogP contribution is -2.05. The Kier molecular flexibility index (Phi) is 5.49. The van der Waals surface area contributed by atoms with Crippen LogP contribution in [-0.2, 0) is 9.53 Å². The van der Waals surface area contributed by atoms with Crippen molar-refractivity contribution in [1.82, 2.24) is 0 Å². The zero-order chi connectivity index (χ0) is 18.7. The second-order valence-electron chi connectivity index (χ2n) is 5.28. The minimum atomic E-state index is -0.559. The Balaban J connectivity index is 2.00. The predicted octanol–water partition coefficient (Wildman–Crippen LogP) is 4.75. The van der Waals surface area contributed by atoms with Gasteiger partial charge >= 0.3 is 5.97 Å². The number of esters is 1. The number of hydrogen-bond acceptors (Lipinski definition) is 5. The average molecular weight is 392 g/mol. The highest BCUT2D eigenvalue weighted by molar-refractivity contribution is 6.42. The summed E-state index contributed by atoms with van der Waals surface area (Å²) >= 11 is 11.9. The van der Waals surface area contributed by atoms with Gasteiger partial charge in [0, 0.05) is 11.1 Å². The normalized spacial score (nSPS) is 15.0. The fourth-order valence-corrected chi connectivity index (χ4v) is 2.71. The van der Waals surface area contributed by atoms with Gasteiger partial charge in [0.25, 0.3) is 0 Å². The van der Waals surface area contributed by atoms with Gasteiger partial charge in [-0.05, 0) is 37.3 Å². The number of para-hydroxylation sites is 1. The Morgan fingerprint density at radius 1 is 1.19 bits per heavy atom. The first-order valence-corrected chi connectivity index (χ1v) is 8.57. The number of cyclic esters (lactones) is 1. The van der Waals surface area contributed by atoms with Crippen LogP contribution in [0.5, 0.6) is 11.5 Å². The first-order chi connectivity index (χ1) is 12.5. The van der Waals surface area contributed by atoms with E-state index in [1.165, 1.54) is 0 Å². The molecule has 0 aromatic heterocycles. The van der Waals surface area contributed by atoms with Gasteiger partial charge in [-0.2, -0.15) is 0 Å². The number of hydrogen-bond donors (Lipinski definition) is 0. The molecule has 0 bridgehead atoms. The van der Waals surface area contributed by atoms with Crippen LogP contribution in [0.15, 0.2) is 47.1 Å². The Hall–Kier alpha value is -2.50. The van der Waals surface area contributed by atoms with Crippen LogP contribution in [0.2, 0.25) is 10.0 Å². The van der Waals surface area contributed by atoms with E-state index in [0.717, 1.165) is 0 Å². The lowest BCUT2D eigenvalue weighted by atomic mass is 10.1. The molecule has 0 spiro atoms. The molecule has 2 aromatic rings. The van der Waals surface area contributed by atoms with Crippen molar-refractivity contribution in [3.05, 3.63) is 63.3 Å². The zero-order valence-electron chi connectivity index (χ0n) is 14.1. The molecule has 0 amide bonds. The third-order valence-corrected chi connectivity index (χ3v) is 4.34. The highest BCUT2D eigenvalue weighted by atomic mass is 35.5. The predicted molar refractivity (Wildman–Crippen MR) is 101 cm³/mol. The van der Waals surface area contributed by atoms with Crippen LogP contribution < -0.4 is 9.47 Å². The van der Waals surface area contributed by atoms with Crippen molar-refractivity contribution in [3.63, 3.8) is 0 Å². The van der Waals surface area contributed by atoms with Crippen molar-refractivity contribution in [2.45, 2.75) is 6.92 Å². The molecule has 0 saturated heterocycles. The van der Waals surface area contributed by atoms with Crippen LogP contribution in [0.1, 0.15) is 18.1 Å². The molecule has 0 atom stereocenters. The van der Waals surface area contributed by atoms with Gasteiger partial charge in [0.05, 0.1) is 23.8 Å². The van der Waals surface area contributed by atoms with E-state index < -0.39 is 5.97 Å². The summed E-state index contributed by atoms with van der Waals surface area (Å²) in [5.41, 5.74) is 1.38. The number of carbonyl (C=O) groups is 1. The maximum absolute atomic E-state index is 12.2. The largest absolute Gasteiger partial charge is 0.493 e. The summed E-state index contributed by atoms with van der Waals surface area (Å²) in [4.78, 5) is 16.5. The van der Waals surface area contributed by atoms with Crippen LogP contribution in [0, 0.1) is 0 Å². The number of benzene rings is 2. The summed E-state index contributed by atoms with van der Waals surface area (Å²) in [7, 11) is 1.55. The molecule has 7 heteroatoms. The van der Waals surface area contributed by atoms with Gasteiger partial charge in [-0.3, -0.25) is 0 Å². The van der Waals surface area contributed by atoms with Crippen molar-refractivity contribution >= 4 is 41.1 Å². The van der Waals surface area contributed by atoms with Crippen molar-refractivity contribution in [2.24, 2.45) is 4.99 Å². The topological polar surface area (TPSA) is 57.1 Å². The minimum Gasteiger partial charge on any atom is -0.493 e. The summed E-state index contributed by atoms with van der Waals surface area (Å²) in [6.45, 7) is 2.33. The van der Waals surface area contributed by atoms with Gasteiger partial charge in [-0.15, -0.1) is 0 Å². The van der Waals surface area contributed by atoms with Gasteiger partial charge < -0.3 is 14.2 Å². The van der Waals surface area contributed by atoms with E-state index in [-0.39, 0.29) is 11.6 Å². The molecule has 1 heterocycles. The molecule has 0 fully saturated rings. The monoisotopic (exact) mass is 391 g/mol. The molecule has 0 radical (unpaired) electrons. The molecular formula is C19H15Cl2NO4. The average Bonchev–Trinajstić information content (AvgIpc) is 2.99. The van der Waals surface area contributed by atoms with E-state index in [4.69, 9.17) is 37.4 Å². The molecule has 0 saturated carbocycles.